The standard InChI is InChI=1S/C16H24O2/c1-4-5-6-7-8-9-15(17)14-10-11-16(18-3)13(2)12-14/h4,10-12,15,17H,1,5-9H2,2-3H3. The van der Waals surface area contributed by atoms with Gasteiger partial charge in [0.05, 0.1) is 13.2 Å². The van der Waals surface area contributed by atoms with E-state index in [0.29, 0.717) is 0 Å². The Balaban J connectivity index is 2.43. The molecular formula is C16H24O2. The van der Waals surface area contributed by atoms with E-state index in [1.807, 2.05) is 31.2 Å². The van der Waals surface area contributed by atoms with Crippen LogP contribution in [0.3, 0.4) is 0 Å². The van der Waals surface area contributed by atoms with Gasteiger partial charge in [-0.15, -0.1) is 6.58 Å². The molecule has 1 rings (SSSR count). The predicted molar refractivity (Wildman–Crippen MR) is 76.0 cm³/mol. The van der Waals surface area contributed by atoms with Crippen LogP contribution in [0.15, 0.2) is 30.9 Å². The van der Waals surface area contributed by atoms with Crippen LogP contribution < -0.4 is 4.74 Å². The number of aliphatic hydroxyl groups is 1. The Bertz CT molecular complexity index is 371. The van der Waals surface area contributed by atoms with Gasteiger partial charge in [-0.2, -0.15) is 0 Å². The maximum Gasteiger partial charge on any atom is 0.121 e. The molecule has 1 aromatic rings. The summed E-state index contributed by atoms with van der Waals surface area (Å²) in [6.07, 6.45) is 6.85. The van der Waals surface area contributed by atoms with Gasteiger partial charge in [-0.3, -0.25) is 0 Å². The summed E-state index contributed by atoms with van der Waals surface area (Å²) in [4.78, 5) is 0. The normalized spacial score (nSPS) is 12.2. The Morgan fingerprint density at radius 2 is 2.11 bits per heavy atom. The number of hydrogen-bond donors (Lipinski definition) is 1. The highest BCUT2D eigenvalue weighted by Crippen LogP contribution is 2.25. The van der Waals surface area contributed by atoms with E-state index in [1.165, 1.54) is 0 Å². The van der Waals surface area contributed by atoms with Crippen LogP contribution in [0.1, 0.15) is 49.3 Å². The fourth-order valence-electron chi connectivity index (χ4n) is 2.08. The number of aryl methyl sites for hydroxylation is 1. The molecule has 18 heavy (non-hydrogen) atoms. The molecule has 0 aliphatic rings. The molecule has 0 bridgehead atoms. The third-order valence-electron chi connectivity index (χ3n) is 3.19. The van der Waals surface area contributed by atoms with Crippen LogP contribution >= 0.6 is 0 Å². The van der Waals surface area contributed by atoms with E-state index in [0.717, 1.165) is 49.0 Å². The zero-order valence-electron chi connectivity index (χ0n) is 11.5. The molecule has 0 aromatic heterocycles. The molecule has 0 amide bonds. The molecule has 0 heterocycles. The Hall–Kier alpha value is -1.28. The van der Waals surface area contributed by atoms with Crippen LogP contribution in [0.2, 0.25) is 0 Å². The largest absolute Gasteiger partial charge is 0.496 e. The van der Waals surface area contributed by atoms with E-state index in [9.17, 15) is 5.11 Å². The molecule has 100 valence electrons. The van der Waals surface area contributed by atoms with E-state index in [2.05, 4.69) is 6.58 Å². The van der Waals surface area contributed by atoms with Crippen molar-refractivity contribution in [2.45, 2.75) is 45.1 Å². The van der Waals surface area contributed by atoms with Crippen LogP contribution in [0, 0.1) is 6.92 Å². The second kappa shape index (κ2) is 7.93. The fraction of sp³-hybridized carbons (Fsp3) is 0.500. The van der Waals surface area contributed by atoms with Crippen molar-refractivity contribution in [3.8, 4) is 5.75 Å². The number of ether oxygens (including phenoxy) is 1. The molecule has 0 aliphatic heterocycles. The van der Waals surface area contributed by atoms with Crippen molar-refractivity contribution in [3.63, 3.8) is 0 Å². The number of hydrogen-bond acceptors (Lipinski definition) is 2. The number of allylic oxidation sites excluding steroid dienone is 1. The van der Waals surface area contributed by atoms with Crippen LogP contribution in [0.25, 0.3) is 0 Å². The van der Waals surface area contributed by atoms with Gasteiger partial charge in [0.15, 0.2) is 0 Å². The third kappa shape index (κ3) is 4.53. The molecule has 0 radical (unpaired) electrons. The maximum atomic E-state index is 10.1. The molecule has 1 aromatic carbocycles. The molecule has 2 heteroatoms. The molecular weight excluding hydrogens is 224 g/mol. The van der Waals surface area contributed by atoms with Crippen molar-refractivity contribution in [2.24, 2.45) is 0 Å². The van der Waals surface area contributed by atoms with Gasteiger partial charge >= 0.3 is 0 Å². The Kier molecular flexibility index (Phi) is 6.51. The van der Waals surface area contributed by atoms with Crippen LogP contribution in [0.5, 0.6) is 5.75 Å². The minimum absolute atomic E-state index is 0.363. The average Bonchev–Trinajstić information content (AvgIpc) is 2.38. The highest BCUT2D eigenvalue weighted by atomic mass is 16.5. The van der Waals surface area contributed by atoms with Gasteiger partial charge in [0.1, 0.15) is 5.75 Å². The summed E-state index contributed by atoms with van der Waals surface area (Å²) in [7, 11) is 1.66. The smallest absolute Gasteiger partial charge is 0.121 e. The summed E-state index contributed by atoms with van der Waals surface area (Å²) in [5.74, 6) is 0.872. The summed E-state index contributed by atoms with van der Waals surface area (Å²) >= 11 is 0. The number of methoxy groups -OCH3 is 1. The first-order chi connectivity index (χ1) is 8.69. The minimum Gasteiger partial charge on any atom is -0.496 e. The highest BCUT2D eigenvalue weighted by molar-refractivity contribution is 5.36. The van der Waals surface area contributed by atoms with Gasteiger partial charge in [0, 0.05) is 0 Å². The van der Waals surface area contributed by atoms with Crippen molar-refractivity contribution < 1.29 is 9.84 Å². The van der Waals surface area contributed by atoms with E-state index in [-0.39, 0.29) is 6.10 Å². The SMILES string of the molecule is C=CCCCCCC(O)c1ccc(OC)c(C)c1. The Morgan fingerprint density at radius 3 is 2.72 bits per heavy atom. The summed E-state index contributed by atoms with van der Waals surface area (Å²) in [6.45, 7) is 5.70. The van der Waals surface area contributed by atoms with E-state index in [4.69, 9.17) is 4.74 Å². The second-order valence-electron chi connectivity index (χ2n) is 4.67. The number of aliphatic hydroxyl groups excluding tert-OH is 1. The Labute approximate surface area is 110 Å². The summed E-state index contributed by atoms with van der Waals surface area (Å²) in [5.41, 5.74) is 2.05. The molecule has 0 aliphatic carbocycles. The first-order valence-electron chi connectivity index (χ1n) is 6.62. The summed E-state index contributed by atoms with van der Waals surface area (Å²) < 4.78 is 5.21. The Morgan fingerprint density at radius 1 is 1.33 bits per heavy atom. The van der Waals surface area contributed by atoms with Crippen molar-refractivity contribution in [2.75, 3.05) is 7.11 Å². The topological polar surface area (TPSA) is 29.5 Å². The van der Waals surface area contributed by atoms with Crippen molar-refractivity contribution in [1.29, 1.82) is 0 Å². The van der Waals surface area contributed by atoms with Crippen LogP contribution in [-0.4, -0.2) is 12.2 Å². The molecule has 2 nitrogen and oxygen atoms in total. The molecule has 0 saturated carbocycles. The minimum atomic E-state index is -0.363. The zero-order chi connectivity index (χ0) is 13.4. The predicted octanol–water partition coefficient (Wildman–Crippen LogP) is 4.17. The number of unbranched alkanes of at least 4 members (excludes halogenated alkanes) is 3. The van der Waals surface area contributed by atoms with E-state index >= 15 is 0 Å². The quantitative estimate of drug-likeness (QED) is 0.552. The number of rotatable bonds is 8. The first-order valence-corrected chi connectivity index (χ1v) is 6.62. The molecule has 0 saturated heterocycles. The average molecular weight is 248 g/mol. The van der Waals surface area contributed by atoms with E-state index in [1.54, 1.807) is 7.11 Å². The molecule has 1 N–H and O–H groups in total. The van der Waals surface area contributed by atoms with Crippen molar-refractivity contribution >= 4 is 0 Å². The van der Waals surface area contributed by atoms with Crippen molar-refractivity contribution in [3.05, 3.63) is 42.0 Å². The third-order valence-corrected chi connectivity index (χ3v) is 3.19. The zero-order valence-corrected chi connectivity index (χ0v) is 11.5. The van der Waals surface area contributed by atoms with Gasteiger partial charge < -0.3 is 9.84 Å². The van der Waals surface area contributed by atoms with Crippen LogP contribution in [-0.2, 0) is 0 Å². The molecule has 0 spiro atoms. The van der Waals surface area contributed by atoms with Crippen molar-refractivity contribution in [1.82, 2.24) is 0 Å². The molecule has 1 unspecified atom stereocenters. The van der Waals surface area contributed by atoms with Gasteiger partial charge in [-0.25, -0.2) is 0 Å². The first kappa shape index (κ1) is 14.8. The van der Waals surface area contributed by atoms with Gasteiger partial charge in [-0.1, -0.05) is 25.0 Å². The number of benzene rings is 1. The summed E-state index contributed by atoms with van der Waals surface area (Å²) in [5, 5.41) is 10.1. The van der Waals surface area contributed by atoms with Crippen LogP contribution in [0.4, 0.5) is 0 Å². The van der Waals surface area contributed by atoms with Gasteiger partial charge in [-0.05, 0) is 49.4 Å². The molecule has 0 fully saturated rings. The fourth-order valence-corrected chi connectivity index (χ4v) is 2.08. The maximum absolute atomic E-state index is 10.1. The monoisotopic (exact) mass is 248 g/mol. The lowest BCUT2D eigenvalue weighted by atomic mass is 10.0. The second-order valence-corrected chi connectivity index (χ2v) is 4.67. The van der Waals surface area contributed by atoms with Gasteiger partial charge in [0.2, 0.25) is 0 Å². The van der Waals surface area contributed by atoms with Gasteiger partial charge in [0.25, 0.3) is 0 Å². The lowest BCUT2D eigenvalue weighted by molar-refractivity contribution is 0.163. The summed E-state index contributed by atoms with van der Waals surface area (Å²) in [6, 6.07) is 5.87. The lowest BCUT2D eigenvalue weighted by Crippen LogP contribution is -1.99. The molecule has 1 atom stereocenters. The van der Waals surface area contributed by atoms with E-state index < -0.39 is 0 Å². The lowest BCUT2D eigenvalue weighted by Gasteiger charge is -2.13. The highest BCUT2D eigenvalue weighted by Gasteiger charge is 2.09.